The fourth-order valence-corrected chi connectivity index (χ4v) is 7.19. The third-order valence-electron chi connectivity index (χ3n) is 8.80. The lowest BCUT2D eigenvalue weighted by Crippen LogP contribution is -1.96. The molecule has 5 nitrogen and oxygen atoms in total. The second-order valence-corrected chi connectivity index (χ2v) is 10.9. The number of hydrogen-bond acceptors (Lipinski definition) is 3. The zero-order valence-electron chi connectivity index (χ0n) is 21.9. The summed E-state index contributed by atoms with van der Waals surface area (Å²) in [6, 6.07) is 36.9. The summed E-state index contributed by atoms with van der Waals surface area (Å²) in [5.74, 6) is 0. The Morgan fingerprint density at radius 3 is 2.32 bits per heavy atom. The fraction of sp³-hybridized carbons (Fsp3) is 0.0278. The quantitative estimate of drug-likeness (QED) is 0.204. The molecule has 0 radical (unpaired) electrons. The lowest BCUT2D eigenvalue weighted by molar-refractivity contribution is 1.18. The molecule has 190 valence electrons. The first kappa shape index (κ1) is 21.3. The van der Waals surface area contributed by atoms with Crippen LogP contribution in [0.15, 0.2) is 116 Å². The number of hydrogen-bond donors (Lipinski definition) is 0. The number of fused-ring (bicyclic) bond motifs is 16. The van der Waals surface area contributed by atoms with Crippen LogP contribution in [-0.2, 0) is 6.42 Å². The normalized spacial score (nSPS) is 12.8. The minimum atomic E-state index is 0.740. The molecule has 0 amide bonds. The highest BCUT2D eigenvalue weighted by Crippen LogP contribution is 2.47. The zero-order valence-corrected chi connectivity index (χ0v) is 21.9. The van der Waals surface area contributed by atoms with E-state index in [0.717, 1.165) is 56.2 Å². The highest BCUT2D eigenvalue weighted by atomic mass is 15.1. The van der Waals surface area contributed by atoms with E-state index in [0.29, 0.717) is 0 Å². The Labute approximate surface area is 234 Å². The molecule has 0 aliphatic heterocycles. The monoisotopic (exact) mass is 523 g/mol. The van der Waals surface area contributed by atoms with E-state index in [4.69, 9.17) is 9.97 Å². The van der Waals surface area contributed by atoms with E-state index in [1.54, 1.807) is 0 Å². The maximum atomic E-state index is 5.16. The van der Waals surface area contributed by atoms with Gasteiger partial charge in [-0.1, -0.05) is 54.6 Å². The Morgan fingerprint density at radius 2 is 1.39 bits per heavy atom. The second kappa shape index (κ2) is 7.55. The average molecular weight is 524 g/mol. The smallest absolute Gasteiger partial charge is 0.178 e. The molecule has 10 rings (SSSR count). The summed E-state index contributed by atoms with van der Waals surface area (Å²) in [6.07, 6.45) is 4.65. The molecule has 5 heterocycles. The molecule has 9 aromatic rings. The van der Waals surface area contributed by atoms with E-state index in [1.807, 2.05) is 24.5 Å². The van der Waals surface area contributed by atoms with E-state index in [-0.39, 0.29) is 0 Å². The molecule has 5 heteroatoms. The topological polar surface area (TPSA) is 48.0 Å². The van der Waals surface area contributed by atoms with Crippen LogP contribution < -0.4 is 0 Å². The van der Waals surface area contributed by atoms with Gasteiger partial charge < -0.3 is 4.57 Å². The maximum absolute atomic E-state index is 5.16. The van der Waals surface area contributed by atoms with Gasteiger partial charge in [0.15, 0.2) is 5.65 Å². The predicted octanol–water partition coefficient (Wildman–Crippen LogP) is 8.25. The highest BCUT2D eigenvalue weighted by molar-refractivity contribution is 6.30. The van der Waals surface area contributed by atoms with Gasteiger partial charge in [-0.25, -0.2) is 9.97 Å². The number of rotatable bonds is 1. The molecule has 0 saturated carbocycles. The van der Waals surface area contributed by atoms with E-state index >= 15 is 0 Å². The van der Waals surface area contributed by atoms with Gasteiger partial charge in [0.25, 0.3) is 0 Å². The van der Waals surface area contributed by atoms with Crippen molar-refractivity contribution in [3.63, 3.8) is 0 Å². The van der Waals surface area contributed by atoms with E-state index < -0.39 is 0 Å². The lowest BCUT2D eigenvalue weighted by atomic mass is 9.99. The standard InChI is InChI=1S/C36H21N5/c1-2-9-23(10-3-1)40-27-17-16-25-32(31(27)26-15-14-22-20-21-8-4-5-11-24(21)30(22)34(26)40)36-39-35-29(13-7-19-38-35)41(36)28-12-6-18-37-33(25)28/h1-19H,20H2. The SMILES string of the molecule is c1ccc(-n2c3ccc4c5ncccc5n5c6cccnc6nc5c4c3c3ccc4c(c32)-c2ccccc2C4)cc1. The van der Waals surface area contributed by atoms with Crippen LogP contribution in [0, 0.1) is 0 Å². The zero-order chi connectivity index (χ0) is 26.7. The van der Waals surface area contributed by atoms with Crippen LogP contribution in [0.2, 0.25) is 0 Å². The van der Waals surface area contributed by atoms with E-state index in [2.05, 4.69) is 105 Å². The van der Waals surface area contributed by atoms with E-state index in [1.165, 1.54) is 38.5 Å². The van der Waals surface area contributed by atoms with Crippen LogP contribution in [-0.4, -0.2) is 23.9 Å². The fourth-order valence-electron chi connectivity index (χ4n) is 7.19. The first-order valence-electron chi connectivity index (χ1n) is 13.9. The van der Waals surface area contributed by atoms with Gasteiger partial charge in [-0.3, -0.25) is 9.38 Å². The van der Waals surface area contributed by atoms with Gasteiger partial charge in [0.2, 0.25) is 0 Å². The van der Waals surface area contributed by atoms with Gasteiger partial charge in [0, 0.05) is 45.2 Å². The highest BCUT2D eigenvalue weighted by Gasteiger charge is 2.27. The Balaban J connectivity index is 1.52. The summed E-state index contributed by atoms with van der Waals surface area (Å²) in [5.41, 5.74) is 13.6. The van der Waals surface area contributed by atoms with Crippen molar-refractivity contribution in [2.75, 3.05) is 0 Å². The number of nitrogens with zero attached hydrogens (tertiary/aromatic N) is 5. The Bertz CT molecular complexity index is 2550. The molecule has 5 aromatic heterocycles. The first-order chi connectivity index (χ1) is 20.4. The molecule has 0 N–H and O–H groups in total. The molecule has 0 atom stereocenters. The third kappa shape index (κ3) is 2.63. The summed E-state index contributed by atoms with van der Waals surface area (Å²) in [4.78, 5) is 14.7. The number of imidazole rings is 1. The van der Waals surface area contributed by atoms with Crippen molar-refractivity contribution in [3.05, 3.63) is 127 Å². The van der Waals surface area contributed by atoms with Crippen molar-refractivity contribution in [2.45, 2.75) is 6.42 Å². The van der Waals surface area contributed by atoms with Crippen molar-refractivity contribution < 1.29 is 0 Å². The molecule has 0 spiro atoms. The molecular weight excluding hydrogens is 502 g/mol. The molecule has 1 aliphatic rings. The van der Waals surface area contributed by atoms with E-state index in [9.17, 15) is 0 Å². The molecular formula is C36H21N5. The maximum Gasteiger partial charge on any atom is 0.178 e. The summed E-state index contributed by atoms with van der Waals surface area (Å²) in [5, 5.41) is 4.63. The average Bonchev–Trinajstić information content (AvgIpc) is 3.71. The Morgan fingerprint density at radius 1 is 0.585 bits per heavy atom. The summed E-state index contributed by atoms with van der Waals surface area (Å²) < 4.78 is 4.69. The molecule has 0 bridgehead atoms. The van der Waals surface area contributed by atoms with Crippen molar-refractivity contribution in [2.24, 2.45) is 0 Å². The van der Waals surface area contributed by atoms with Crippen LogP contribution in [0.25, 0.3) is 77.2 Å². The summed E-state index contributed by atoms with van der Waals surface area (Å²) in [7, 11) is 0. The number of aromatic nitrogens is 5. The molecule has 41 heavy (non-hydrogen) atoms. The molecule has 0 saturated heterocycles. The van der Waals surface area contributed by atoms with Gasteiger partial charge >= 0.3 is 0 Å². The number of benzene rings is 4. The van der Waals surface area contributed by atoms with Crippen LogP contribution in [0.4, 0.5) is 0 Å². The van der Waals surface area contributed by atoms with Crippen LogP contribution in [0.3, 0.4) is 0 Å². The minimum Gasteiger partial charge on any atom is -0.309 e. The summed E-state index contributed by atoms with van der Waals surface area (Å²) in [6.45, 7) is 0. The van der Waals surface area contributed by atoms with Gasteiger partial charge in [0.05, 0.1) is 27.6 Å². The van der Waals surface area contributed by atoms with Crippen molar-refractivity contribution >= 4 is 60.4 Å². The van der Waals surface area contributed by atoms with Gasteiger partial charge in [0.1, 0.15) is 5.65 Å². The van der Waals surface area contributed by atoms with Crippen molar-refractivity contribution in [1.29, 1.82) is 0 Å². The van der Waals surface area contributed by atoms with Gasteiger partial charge in [-0.2, -0.15) is 0 Å². The van der Waals surface area contributed by atoms with Gasteiger partial charge in [-0.05, 0) is 71.6 Å². The van der Waals surface area contributed by atoms with Crippen LogP contribution >= 0.6 is 0 Å². The van der Waals surface area contributed by atoms with Crippen molar-refractivity contribution in [1.82, 2.24) is 23.9 Å². The molecule has 0 fully saturated rings. The van der Waals surface area contributed by atoms with Crippen LogP contribution in [0.1, 0.15) is 11.1 Å². The first-order valence-corrected chi connectivity index (χ1v) is 13.9. The van der Waals surface area contributed by atoms with Crippen LogP contribution in [0.5, 0.6) is 0 Å². The number of para-hydroxylation sites is 1. The minimum absolute atomic E-state index is 0.740. The largest absolute Gasteiger partial charge is 0.309 e. The summed E-state index contributed by atoms with van der Waals surface area (Å²) >= 11 is 0. The van der Waals surface area contributed by atoms with Crippen molar-refractivity contribution in [3.8, 4) is 16.8 Å². The third-order valence-corrected chi connectivity index (χ3v) is 8.80. The van der Waals surface area contributed by atoms with Gasteiger partial charge in [-0.15, -0.1) is 0 Å². The molecule has 0 unspecified atom stereocenters. The second-order valence-electron chi connectivity index (χ2n) is 10.9. The molecule has 1 aliphatic carbocycles. The number of pyridine rings is 3. The Kier molecular flexibility index (Phi) is 3.92. The predicted molar refractivity (Wildman–Crippen MR) is 166 cm³/mol. The lowest BCUT2D eigenvalue weighted by Gasteiger charge is -2.12. The Hall–Kier alpha value is -5.55. The molecule has 4 aromatic carbocycles.